The van der Waals surface area contributed by atoms with E-state index >= 15 is 0 Å². The third-order valence-corrected chi connectivity index (χ3v) is 11.4. The molecule has 1 aliphatic rings. The maximum atomic E-state index is 14.0. The molecule has 1 unspecified atom stereocenters. The number of carbonyl (C=O) groups excluding carboxylic acids is 1. The number of fused-ring (bicyclic) bond motifs is 1. The van der Waals surface area contributed by atoms with Gasteiger partial charge in [-0.1, -0.05) is 55.8 Å². The molecule has 36 heavy (non-hydrogen) atoms. The second kappa shape index (κ2) is 11.9. The van der Waals surface area contributed by atoms with E-state index < -0.39 is 15.9 Å². The standard InChI is InChI=1S/C25H33ClN4O3S3/c1-4-18-9-7-11-20-23(18)27-25(34-20)30(16-15-28(5-2)6-3)24(31)19-10-8-14-29(17-19)36(32,33)22-13-12-21(26)35-22/h7,9,11-13,19H,4-6,8,10,14-17H2,1-3H3. The minimum absolute atomic E-state index is 0.0524. The third-order valence-electron chi connectivity index (χ3n) is 6.78. The number of halogens is 1. The molecule has 0 aliphatic carbocycles. The van der Waals surface area contributed by atoms with Crippen molar-refractivity contribution in [1.82, 2.24) is 14.2 Å². The number of thiophene rings is 1. The van der Waals surface area contributed by atoms with E-state index in [9.17, 15) is 13.2 Å². The van der Waals surface area contributed by atoms with Gasteiger partial charge >= 0.3 is 0 Å². The Morgan fingerprint density at radius 2 is 1.92 bits per heavy atom. The molecule has 1 fully saturated rings. The van der Waals surface area contributed by atoms with Crippen molar-refractivity contribution >= 4 is 65.6 Å². The number of anilines is 1. The molecule has 0 N–H and O–H groups in total. The number of rotatable bonds is 10. The number of para-hydroxylation sites is 1. The summed E-state index contributed by atoms with van der Waals surface area (Å²) in [6.07, 6.45) is 2.16. The zero-order valence-corrected chi connectivity index (χ0v) is 24.1. The van der Waals surface area contributed by atoms with E-state index in [0.717, 1.165) is 53.2 Å². The molecule has 1 saturated heterocycles. The molecule has 1 aliphatic heterocycles. The molecule has 0 spiro atoms. The predicted molar refractivity (Wildman–Crippen MR) is 150 cm³/mol. The van der Waals surface area contributed by atoms with Crippen LogP contribution in [-0.4, -0.2) is 67.8 Å². The third kappa shape index (κ3) is 5.79. The molecule has 196 valence electrons. The summed E-state index contributed by atoms with van der Waals surface area (Å²) in [5.41, 5.74) is 2.11. The normalized spacial score (nSPS) is 17.2. The number of benzene rings is 1. The number of thiazole rings is 1. The average Bonchev–Trinajstić information content (AvgIpc) is 3.53. The summed E-state index contributed by atoms with van der Waals surface area (Å²) in [7, 11) is -3.69. The molecule has 3 heterocycles. The van der Waals surface area contributed by atoms with E-state index in [1.807, 2.05) is 12.1 Å². The van der Waals surface area contributed by atoms with Crippen LogP contribution < -0.4 is 4.90 Å². The van der Waals surface area contributed by atoms with E-state index in [0.29, 0.717) is 35.4 Å². The summed E-state index contributed by atoms with van der Waals surface area (Å²) in [5.74, 6) is -0.471. The number of aromatic nitrogens is 1. The Hall–Kier alpha value is -1.56. The Morgan fingerprint density at radius 3 is 2.58 bits per heavy atom. The fraction of sp³-hybridized carbons (Fsp3) is 0.520. The number of nitrogens with zero attached hydrogens (tertiary/aromatic N) is 4. The van der Waals surface area contributed by atoms with Crippen molar-refractivity contribution in [2.24, 2.45) is 5.92 Å². The minimum Gasteiger partial charge on any atom is -0.302 e. The van der Waals surface area contributed by atoms with Gasteiger partial charge in [0.05, 0.1) is 20.5 Å². The fourth-order valence-corrected chi connectivity index (χ4v) is 8.83. The molecular formula is C25H33ClN4O3S3. The van der Waals surface area contributed by atoms with Gasteiger partial charge in [-0.25, -0.2) is 13.4 Å². The fourth-order valence-electron chi connectivity index (χ4n) is 4.62. The molecule has 0 radical (unpaired) electrons. The maximum absolute atomic E-state index is 14.0. The predicted octanol–water partition coefficient (Wildman–Crippen LogP) is 5.35. The van der Waals surface area contributed by atoms with Gasteiger partial charge in [0.2, 0.25) is 5.91 Å². The summed E-state index contributed by atoms with van der Waals surface area (Å²) >= 11 is 8.58. The van der Waals surface area contributed by atoms with Gasteiger partial charge in [0, 0.05) is 26.2 Å². The van der Waals surface area contributed by atoms with E-state index in [1.165, 1.54) is 21.7 Å². The molecule has 4 rings (SSSR count). The van der Waals surface area contributed by atoms with Crippen molar-refractivity contribution in [2.45, 2.75) is 44.2 Å². The first-order valence-electron chi connectivity index (χ1n) is 12.5. The molecular weight excluding hydrogens is 536 g/mol. The summed E-state index contributed by atoms with van der Waals surface area (Å²) < 4.78 is 29.6. The van der Waals surface area contributed by atoms with Crippen molar-refractivity contribution in [1.29, 1.82) is 0 Å². The first kappa shape index (κ1) is 27.5. The molecule has 7 nitrogen and oxygen atoms in total. The Morgan fingerprint density at radius 1 is 1.14 bits per heavy atom. The zero-order valence-electron chi connectivity index (χ0n) is 20.9. The van der Waals surface area contributed by atoms with Crippen LogP contribution in [-0.2, 0) is 21.2 Å². The lowest BCUT2D eigenvalue weighted by Crippen LogP contribution is -2.48. The van der Waals surface area contributed by atoms with Gasteiger partial charge in [-0.3, -0.25) is 9.69 Å². The van der Waals surface area contributed by atoms with Crippen LogP contribution in [0.15, 0.2) is 34.5 Å². The van der Waals surface area contributed by atoms with Crippen molar-refractivity contribution in [3.63, 3.8) is 0 Å². The molecule has 0 bridgehead atoms. The van der Waals surface area contributed by atoms with Gasteiger partial charge in [0.1, 0.15) is 4.21 Å². The summed E-state index contributed by atoms with van der Waals surface area (Å²) in [6.45, 7) is 9.96. The summed E-state index contributed by atoms with van der Waals surface area (Å²) in [4.78, 5) is 23.0. The highest BCUT2D eigenvalue weighted by Gasteiger charge is 2.36. The number of piperidine rings is 1. The summed E-state index contributed by atoms with van der Waals surface area (Å²) in [6, 6.07) is 9.29. The monoisotopic (exact) mass is 568 g/mol. The molecule has 1 atom stereocenters. The largest absolute Gasteiger partial charge is 0.302 e. The van der Waals surface area contributed by atoms with Gasteiger partial charge in [0.15, 0.2) is 5.13 Å². The van der Waals surface area contributed by atoms with Crippen molar-refractivity contribution in [2.75, 3.05) is 44.2 Å². The van der Waals surface area contributed by atoms with Crippen LogP contribution in [0.25, 0.3) is 10.2 Å². The molecule has 11 heteroatoms. The Kier molecular flexibility index (Phi) is 9.06. The molecule has 2 aromatic heterocycles. The lowest BCUT2D eigenvalue weighted by Gasteiger charge is -2.34. The second-order valence-electron chi connectivity index (χ2n) is 8.89. The highest BCUT2D eigenvalue weighted by Crippen LogP contribution is 2.34. The lowest BCUT2D eigenvalue weighted by molar-refractivity contribution is -0.123. The number of sulfonamides is 1. The van der Waals surface area contributed by atoms with Crippen LogP contribution in [0.5, 0.6) is 0 Å². The number of amides is 1. The molecule has 3 aromatic rings. The van der Waals surface area contributed by atoms with Gasteiger partial charge in [0.25, 0.3) is 10.0 Å². The van der Waals surface area contributed by atoms with Crippen LogP contribution in [0.1, 0.15) is 39.2 Å². The van der Waals surface area contributed by atoms with Crippen LogP contribution in [0.4, 0.5) is 5.13 Å². The van der Waals surface area contributed by atoms with Crippen LogP contribution in [0, 0.1) is 5.92 Å². The van der Waals surface area contributed by atoms with E-state index in [-0.39, 0.29) is 16.7 Å². The Labute approximate surface area is 226 Å². The Balaban J connectivity index is 1.62. The van der Waals surface area contributed by atoms with Crippen molar-refractivity contribution < 1.29 is 13.2 Å². The first-order valence-corrected chi connectivity index (χ1v) is 15.9. The number of hydrogen-bond acceptors (Lipinski definition) is 7. The number of hydrogen-bond donors (Lipinski definition) is 0. The van der Waals surface area contributed by atoms with Crippen molar-refractivity contribution in [3.05, 3.63) is 40.2 Å². The van der Waals surface area contributed by atoms with Crippen LogP contribution in [0.3, 0.4) is 0 Å². The maximum Gasteiger partial charge on any atom is 0.252 e. The lowest BCUT2D eigenvalue weighted by atomic mass is 9.98. The second-order valence-corrected chi connectivity index (χ2v) is 13.8. The van der Waals surface area contributed by atoms with Gasteiger partial charge < -0.3 is 4.90 Å². The van der Waals surface area contributed by atoms with Crippen molar-refractivity contribution in [3.8, 4) is 0 Å². The van der Waals surface area contributed by atoms with E-state index in [2.05, 4.69) is 31.7 Å². The number of carbonyl (C=O) groups is 1. The summed E-state index contributed by atoms with van der Waals surface area (Å²) in [5, 5.41) is 0.688. The molecule has 1 aromatic carbocycles. The number of aryl methyl sites for hydroxylation is 1. The van der Waals surface area contributed by atoms with Gasteiger partial charge in [-0.15, -0.1) is 11.3 Å². The highest BCUT2D eigenvalue weighted by atomic mass is 35.5. The minimum atomic E-state index is -3.69. The van der Waals surface area contributed by atoms with E-state index in [1.54, 1.807) is 11.0 Å². The SMILES string of the molecule is CCc1cccc2sc(N(CCN(CC)CC)C(=O)C3CCCN(S(=O)(=O)c4ccc(Cl)s4)C3)nc12. The smallest absolute Gasteiger partial charge is 0.252 e. The number of likely N-dealkylation sites (N-methyl/N-ethyl adjacent to an activating group) is 1. The molecule has 1 amide bonds. The van der Waals surface area contributed by atoms with Gasteiger partial charge in [-0.05, 0) is 56.1 Å². The van der Waals surface area contributed by atoms with Crippen LogP contribution in [0.2, 0.25) is 4.34 Å². The quantitative estimate of drug-likeness (QED) is 0.330. The topological polar surface area (TPSA) is 73.8 Å². The van der Waals surface area contributed by atoms with E-state index in [4.69, 9.17) is 16.6 Å². The zero-order chi connectivity index (χ0) is 25.9. The highest BCUT2D eigenvalue weighted by molar-refractivity contribution is 7.91. The van der Waals surface area contributed by atoms with Gasteiger partial charge in [-0.2, -0.15) is 4.31 Å². The molecule has 0 saturated carbocycles. The first-order chi connectivity index (χ1) is 17.3. The Bertz CT molecular complexity index is 1300. The van der Waals surface area contributed by atoms with Crippen LogP contribution >= 0.6 is 34.3 Å². The average molecular weight is 569 g/mol.